The first-order valence-electron chi connectivity index (χ1n) is 10.1. The molecule has 0 unspecified atom stereocenters. The van der Waals surface area contributed by atoms with Crippen LogP contribution in [-0.2, 0) is 23.7 Å². The van der Waals surface area contributed by atoms with Crippen LogP contribution >= 0.6 is 0 Å². The number of rotatable bonds is 6. The van der Waals surface area contributed by atoms with E-state index in [0.29, 0.717) is 0 Å². The lowest BCUT2D eigenvalue weighted by molar-refractivity contribution is -0.329. The average Bonchev–Trinajstić information content (AvgIpc) is 2.77. The van der Waals surface area contributed by atoms with Gasteiger partial charge in [0.2, 0.25) is 0 Å². The van der Waals surface area contributed by atoms with Crippen LogP contribution in [0.2, 0.25) is 0 Å². The Hall–Kier alpha value is -0.600. The van der Waals surface area contributed by atoms with E-state index in [4.69, 9.17) is 35.2 Å². The van der Waals surface area contributed by atoms with E-state index >= 15 is 0 Å². The number of hydrogen-bond donors (Lipinski definition) is 10. The lowest BCUT2D eigenvalue weighted by atomic mass is 9.98. The van der Waals surface area contributed by atoms with E-state index in [0.717, 1.165) is 0 Å². The predicted molar refractivity (Wildman–Crippen MR) is 99.2 cm³/mol. The third-order valence-electron chi connectivity index (χ3n) is 5.82. The Labute approximate surface area is 182 Å². The predicted octanol–water partition coefficient (Wildman–Crippen LogP) is -7.00. The van der Waals surface area contributed by atoms with E-state index in [1.165, 1.54) is 0 Å². The summed E-state index contributed by atoms with van der Waals surface area (Å²) in [6.45, 7) is -1.13. The third-order valence-corrected chi connectivity index (χ3v) is 5.82. The van der Waals surface area contributed by atoms with Crippen molar-refractivity contribution in [3.8, 4) is 0 Å². The first kappa shape index (κ1) is 26.0. The minimum Gasteiger partial charge on any atom is -0.394 e. The van der Waals surface area contributed by atoms with Crippen molar-refractivity contribution >= 4 is 0 Å². The van der Waals surface area contributed by atoms with Gasteiger partial charge in [-0.15, -0.1) is 0 Å². The molecule has 3 aliphatic rings. The normalized spacial score (nSPS) is 52.7. The van der Waals surface area contributed by atoms with Crippen LogP contribution in [0.1, 0.15) is 0 Å². The quantitative estimate of drug-likeness (QED) is 0.172. The number of nitrogens with two attached hydrogens (primary N) is 2. The zero-order chi connectivity index (χ0) is 23.7. The fraction of sp³-hybridized carbons (Fsp3) is 1.00. The van der Waals surface area contributed by atoms with Gasteiger partial charge in [-0.1, -0.05) is 0 Å². The lowest BCUT2D eigenvalue weighted by Crippen LogP contribution is -2.66. The first-order chi connectivity index (χ1) is 15.1. The molecular formula is C17H32N2O13. The number of aliphatic hydroxyl groups excluding tert-OH is 8. The largest absolute Gasteiger partial charge is 0.394 e. The van der Waals surface area contributed by atoms with Crippen molar-refractivity contribution in [2.45, 2.75) is 85.9 Å². The molecule has 0 aromatic heterocycles. The highest BCUT2D eigenvalue weighted by molar-refractivity contribution is 4.94. The van der Waals surface area contributed by atoms with Gasteiger partial charge in [-0.2, -0.15) is 0 Å². The molecule has 12 N–H and O–H groups in total. The summed E-state index contributed by atoms with van der Waals surface area (Å²) in [5, 5.41) is 78.1. The van der Waals surface area contributed by atoms with Crippen LogP contribution in [0.25, 0.3) is 0 Å². The maximum atomic E-state index is 10.2. The van der Waals surface area contributed by atoms with Crippen LogP contribution in [0.5, 0.6) is 0 Å². The number of hydrogen-bond acceptors (Lipinski definition) is 15. The minimum absolute atomic E-state index is 0.0987. The lowest BCUT2D eigenvalue weighted by Gasteiger charge is -2.45. The van der Waals surface area contributed by atoms with Gasteiger partial charge < -0.3 is 76.0 Å². The summed E-state index contributed by atoms with van der Waals surface area (Å²) in [6, 6.07) is -1.86. The van der Waals surface area contributed by atoms with Gasteiger partial charge in [0.05, 0.1) is 38.0 Å². The Kier molecular flexibility index (Phi) is 8.75. The average molecular weight is 472 g/mol. The van der Waals surface area contributed by atoms with Gasteiger partial charge in [-0.05, 0) is 0 Å². The molecule has 3 aliphatic heterocycles. The Morgan fingerprint density at radius 1 is 0.750 bits per heavy atom. The highest BCUT2D eigenvalue weighted by atomic mass is 16.7. The summed E-state index contributed by atoms with van der Waals surface area (Å²) >= 11 is 0. The Bertz CT molecular complexity index is 603. The molecule has 3 saturated heterocycles. The monoisotopic (exact) mass is 472 g/mol. The van der Waals surface area contributed by atoms with Crippen molar-refractivity contribution in [1.82, 2.24) is 0 Å². The highest BCUT2D eigenvalue weighted by Crippen LogP contribution is 2.27. The van der Waals surface area contributed by atoms with Crippen molar-refractivity contribution in [1.29, 1.82) is 0 Å². The van der Waals surface area contributed by atoms with Crippen molar-refractivity contribution < 1.29 is 64.5 Å². The van der Waals surface area contributed by atoms with Gasteiger partial charge in [0, 0.05) is 0 Å². The van der Waals surface area contributed by atoms with Crippen LogP contribution in [0, 0.1) is 0 Å². The summed E-state index contributed by atoms with van der Waals surface area (Å²) < 4.78 is 26.9. The summed E-state index contributed by atoms with van der Waals surface area (Å²) in [5.74, 6) is 0. The van der Waals surface area contributed by atoms with Gasteiger partial charge in [0.1, 0.15) is 48.8 Å². The molecule has 0 aromatic carbocycles. The fourth-order valence-electron chi connectivity index (χ4n) is 3.80. The standard InChI is InChI=1S/C17H32N2O13/c18-4-2-28-16(29-3-6-9(22)10(23)12(25)15(27)30-6)7(19)14(4)32-17-13(26)11(24)8(21)5(1-20)31-17/h4-17,20-27H,1-3,18-19H2/t4-,5-,6-,7-,8-,9-,10+,11+,12+,13+,14+,15+,16+,17-/m1/s1. The molecule has 0 aliphatic carbocycles. The van der Waals surface area contributed by atoms with Gasteiger partial charge >= 0.3 is 0 Å². The van der Waals surface area contributed by atoms with E-state index in [-0.39, 0.29) is 13.2 Å². The maximum absolute atomic E-state index is 10.2. The van der Waals surface area contributed by atoms with Crippen molar-refractivity contribution in [2.24, 2.45) is 11.5 Å². The van der Waals surface area contributed by atoms with Crippen LogP contribution in [0.4, 0.5) is 0 Å². The van der Waals surface area contributed by atoms with Gasteiger partial charge in [0.15, 0.2) is 18.9 Å². The molecule has 0 saturated carbocycles. The van der Waals surface area contributed by atoms with Gasteiger partial charge in [-0.25, -0.2) is 0 Å². The molecule has 188 valence electrons. The summed E-state index contributed by atoms with van der Waals surface area (Å²) in [4.78, 5) is 0. The smallest absolute Gasteiger partial charge is 0.187 e. The fourth-order valence-corrected chi connectivity index (χ4v) is 3.80. The zero-order valence-corrected chi connectivity index (χ0v) is 17.0. The van der Waals surface area contributed by atoms with E-state index < -0.39 is 92.5 Å². The van der Waals surface area contributed by atoms with E-state index in [1.54, 1.807) is 0 Å². The van der Waals surface area contributed by atoms with Gasteiger partial charge in [0.25, 0.3) is 0 Å². The molecule has 0 bridgehead atoms. The summed E-state index contributed by atoms with van der Waals surface area (Å²) in [6.07, 6.45) is -17.6. The Morgan fingerprint density at radius 3 is 2.03 bits per heavy atom. The minimum atomic E-state index is -1.74. The molecule has 15 nitrogen and oxygen atoms in total. The van der Waals surface area contributed by atoms with Gasteiger partial charge in [-0.3, -0.25) is 0 Å². The van der Waals surface area contributed by atoms with Crippen LogP contribution in [-0.4, -0.2) is 147 Å². The summed E-state index contributed by atoms with van der Waals surface area (Å²) in [5.41, 5.74) is 12.1. The highest BCUT2D eigenvalue weighted by Gasteiger charge is 2.48. The molecule has 3 rings (SSSR count). The van der Waals surface area contributed by atoms with Crippen LogP contribution in [0.3, 0.4) is 0 Å². The molecule has 0 radical (unpaired) electrons. The third kappa shape index (κ3) is 5.22. The zero-order valence-electron chi connectivity index (χ0n) is 17.0. The van der Waals surface area contributed by atoms with Crippen LogP contribution in [0.15, 0.2) is 0 Å². The molecule has 0 aromatic rings. The van der Waals surface area contributed by atoms with E-state index in [9.17, 15) is 40.9 Å². The van der Waals surface area contributed by atoms with Crippen LogP contribution < -0.4 is 11.5 Å². The molecular weight excluding hydrogens is 440 g/mol. The molecule has 0 amide bonds. The Morgan fingerprint density at radius 2 is 1.38 bits per heavy atom. The first-order valence-corrected chi connectivity index (χ1v) is 10.1. The van der Waals surface area contributed by atoms with Crippen molar-refractivity contribution in [3.63, 3.8) is 0 Å². The Balaban J connectivity index is 1.60. The second-order valence-corrected chi connectivity index (χ2v) is 8.11. The molecule has 3 fully saturated rings. The van der Waals surface area contributed by atoms with Crippen molar-refractivity contribution in [3.05, 3.63) is 0 Å². The number of aliphatic hydroxyl groups is 8. The molecule has 14 atom stereocenters. The molecule has 3 heterocycles. The topological polar surface area (TPSA) is 260 Å². The second-order valence-electron chi connectivity index (χ2n) is 8.11. The van der Waals surface area contributed by atoms with E-state index in [2.05, 4.69) is 0 Å². The summed E-state index contributed by atoms with van der Waals surface area (Å²) in [7, 11) is 0. The maximum Gasteiger partial charge on any atom is 0.187 e. The van der Waals surface area contributed by atoms with E-state index in [1.807, 2.05) is 0 Å². The SMILES string of the molecule is N[C@H]1[C@H](OC[C@H]2O[C@H](O)[C@@H](O)[C@@H](O)[C@@H]2O)OC[C@@H](N)[C@@H]1O[C@H]1O[C@H](CO)[C@@H](O)[C@H](O)[C@@H]1O. The molecule has 15 heteroatoms. The van der Waals surface area contributed by atoms with Crippen molar-refractivity contribution in [2.75, 3.05) is 19.8 Å². The molecule has 32 heavy (non-hydrogen) atoms. The second kappa shape index (κ2) is 10.8. The molecule has 0 spiro atoms. The number of ether oxygens (including phenoxy) is 5.